The first-order valence-electron chi connectivity index (χ1n) is 6.59. The molecule has 1 aliphatic rings. The van der Waals surface area contributed by atoms with Crippen molar-refractivity contribution in [2.75, 3.05) is 11.9 Å². The van der Waals surface area contributed by atoms with Gasteiger partial charge < -0.3 is 0 Å². The molecule has 7 heteroatoms. The molecule has 114 valence electrons. The largest absolute Gasteiger partial charge is 0.274 e. The molecular formula is C15H13BrClN3O2. The van der Waals surface area contributed by atoms with Gasteiger partial charge in [0.1, 0.15) is 0 Å². The number of amides is 2. The lowest BCUT2D eigenvalue weighted by molar-refractivity contribution is 0.0655. The van der Waals surface area contributed by atoms with Crippen molar-refractivity contribution >= 4 is 39.3 Å². The number of hydrogen-bond donors (Lipinski definition) is 0. The Balaban J connectivity index is 0.000000211. The molecule has 5 nitrogen and oxygen atoms in total. The third kappa shape index (κ3) is 3.90. The maximum Gasteiger partial charge on any atom is 0.261 e. The van der Waals surface area contributed by atoms with E-state index in [-0.39, 0.29) is 11.8 Å². The molecule has 2 aromatic rings. The average molecular weight is 383 g/mol. The van der Waals surface area contributed by atoms with Crippen LogP contribution in [0.15, 0.2) is 42.7 Å². The standard InChI is InChI=1S/C11H10BrNO2.C4H3ClN2/c12-6-3-7-13-10(14)8-4-1-2-5-9(8)11(13)15;5-4-6-2-1-3-7-4/h1-2,4-5H,3,6-7H2;1-3H. The van der Waals surface area contributed by atoms with Gasteiger partial charge in [0.05, 0.1) is 11.1 Å². The van der Waals surface area contributed by atoms with E-state index in [1.54, 1.807) is 42.7 Å². The quantitative estimate of drug-likeness (QED) is 0.464. The summed E-state index contributed by atoms with van der Waals surface area (Å²) in [6.45, 7) is 0.484. The van der Waals surface area contributed by atoms with E-state index in [9.17, 15) is 9.59 Å². The van der Waals surface area contributed by atoms with E-state index in [1.807, 2.05) is 0 Å². The van der Waals surface area contributed by atoms with Crippen LogP contribution in [0.4, 0.5) is 0 Å². The third-order valence-electron chi connectivity index (χ3n) is 2.93. The monoisotopic (exact) mass is 381 g/mol. The van der Waals surface area contributed by atoms with Crippen molar-refractivity contribution in [1.82, 2.24) is 14.9 Å². The lowest BCUT2D eigenvalue weighted by Gasteiger charge is -2.11. The number of hydrogen-bond acceptors (Lipinski definition) is 4. The number of alkyl halides is 1. The molecule has 22 heavy (non-hydrogen) atoms. The van der Waals surface area contributed by atoms with Crippen LogP contribution in [0, 0.1) is 0 Å². The van der Waals surface area contributed by atoms with Gasteiger partial charge in [0.25, 0.3) is 11.8 Å². The van der Waals surface area contributed by atoms with Crippen molar-refractivity contribution in [1.29, 1.82) is 0 Å². The number of nitrogens with zero attached hydrogens (tertiary/aromatic N) is 3. The summed E-state index contributed by atoms with van der Waals surface area (Å²) in [5, 5.41) is 1.09. The molecule has 0 saturated heterocycles. The highest BCUT2D eigenvalue weighted by molar-refractivity contribution is 9.09. The van der Waals surface area contributed by atoms with Crippen LogP contribution in [0.25, 0.3) is 0 Å². The minimum Gasteiger partial charge on any atom is -0.274 e. The van der Waals surface area contributed by atoms with E-state index in [2.05, 4.69) is 25.9 Å². The van der Waals surface area contributed by atoms with Gasteiger partial charge in [0, 0.05) is 24.3 Å². The number of imide groups is 1. The molecule has 0 bridgehead atoms. The molecule has 0 saturated carbocycles. The zero-order valence-electron chi connectivity index (χ0n) is 11.6. The molecule has 1 aromatic heterocycles. The van der Waals surface area contributed by atoms with Gasteiger partial charge in [-0.15, -0.1) is 0 Å². The van der Waals surface area contributed by atoms with Crippen LogP contribution < -0.4 is 0 Å². The zero-order valence-corrected chi connectivity index (χ0v) is 13.9. The van der Waals surface area contributed by atoms with Crippen molar-refractivity contribution in [3.05, 3.63) is 59.1 Å². The highest BCUT2D eigenvalue weighted by atomic mass is 79.9. The van der Waals surface area contributed by atoms with E-state index < -0.39 is 0 Å². The average Bonchev–Trinajstić information content (AvgIpc) is 2.79. The second-order valence-corrected chi connectivity index (χ2v) is 5.50. The highest BCUT2D eigenvalue weighted by Gasteiger charge is 2.34. The van der Waals surface area contributed by atoms with Crippen molar-refractivity contribution in [3.63, 3.8) is 0 Å². The molecule has 1 aromatic carbocycles. The summed E-state index contributed by atoms with van der Waals surface area (Å²) in [5.41, 5.74) is 1.05. The van der Waals surface area contributed by atoms with Crippen LogP contribution >= 0.6 is 27.5 Å². The highest BCUT2D eigenvalue weighted by Crippen LogP contribution is 2.22. The summed E-state index contributed by atoms with van der Waals surface area (Å²) < 4.78 is 0. The molecule has 2 amide bonds. The minimum atomic E-state index is -0.170. The van der Waals surface area contributed by atoms with E-state index in [0.717, 1.165) is 11.8 Å². The SMILES string of the molecule is Clc1ncccn1.O=C1c2ccccc2C(=O)N1CCCBr. The summed E-state index contributed by atoms with van der Waals surface area (Å²) in [6, 6.07) is 8.66. The van der Waals surface area contributed by atoms with E-state index in [1.165, 1.54) is 4.90 Å². The van der Waals surface area contributed by atoms with Crippen molar-refractivity contribution in [3.8, 4) is 0 Å². The fourth-order valence-corrected chi connectivity index (χ4v) is 2.30. The minimum absolute atomic E-state index is 0.170. The first-order valence-corrected chi connectivity index (χ1v) is 8.08. The predicted molar refractivity (Wildman–Crippen MR) is 87.3 cm³/mol. The first kappa shape index (κ1) is 16.6. The molecule has 1 aliphatic heterocycles. The van der Waals surface area contributed by atoms with E-state index >= 15 is 0 Å². The second kappa shape index (κ2) is 8.00. The molecule has 0 aliphatic carbocycles. The Hall–Kier alpha value is -1.79. The Morgan fingerprint density at radius 2 is 1.55 bits per heavy atom. The summed E-state index contributed by atoms with van der Waals surface area (Å²) in [4.78, 5) is 32.2. The van der Waals surface area contributed by atoms with Crippen LogP contribution in [0.2, 0.25) is 5.28 Å². The van der Waals surface area contributed by atoms with Crippen LogP contribution in [-0.4, -0.2) is 38.6 Å². The van der Waals surface area contributed by atoms with Gasteiger partial charge in [-0.05, 0) is 36.2 Å². The zero-order chi connectivity index (χ0) is 15.9. The van der Waals surface area contributed by atoms with E-state index in [4.69, 9.17) is 11.6 Å². The summed E-state index contributed by atoms with van der Waals surface area (Å²) in [5.74, 6) is -0.340. The Morgan fingerprint density at radius 3 is 1.95 bits per heavy atom. The second-order valence-electron chi connectivity index (χ2n) is 4.37. The number of fused-ring (bicyclic) bond motifs is 1. The van der Waals surface area contributed by atoms with Crippen molar-refractivity contribution in [2.24, 2.45) is 0 Å². The molecule has 0 radical (unpaired) electrons. The van der Waals surface area contributed by atoms with Gasteiger partial charge in [-0.2, -0.15) is 0 Å². The van der Waals surface area contributed by atoms with Crippen LogP contribution in [0.3, 0.4) is 0 Å². The Kier molecular flexibility index (Phi) is 6.03. The molecule has 2 heterocycles. The maximum absolute atomic E-state index is 11.8. The lowest BCUT2D eigenvalue weighted by Crippen LogP contribution is -2.30. The van der Waals surface area contributed by atoms with Gasteiger partial charge in [0.15, 0.2) is 0 Å². The first-order chi connectivity index (χ1) is 10.6. The number of benzene rings is 1. The Bertz CT molecular complexity index is 632. The van der Waals surface area contributed by atoms with Crippen LogP contribution in [0.1, 0.15) is 27.1 Å². The lowest BCUT2D eigenvalue weighted by atomic mass is 10.1. The van der Waals surface area contributed by atoms with Crippen molar-refractivity contribution < 1.29 is 9.59 Å². The molecule has 0 atom stereocenters. The maximum atomic E-state index is 11.8. The summed E-state index contributed by atoms with van der Waals surface area (Å²) >= 11 is 8.60. The van der Waals surface area contributed by atoms with Gasteiger partial charge >= 0.3 is 0 Å². The third-order valence-corrected chi connectivity index (χ3v) is 3.68. The number of carbonyl (C=O) groups excluding carboxylic acids is 2. The molecule has 0 unspecified atom stereocenters. The van der Waals surface area contributed by atoms with Gasteiger partial charge in [-0.3, -0.25) is 14.5 Å². The number of aromatic nitrogens is 2. The Morgan fingerprint density at radius 1 is 1.00 bits per heavy atom. The van der Waals surface area contributed by atoms with Crippen LogP contribution in [-0.2, 0) is 0 Å². The number of halogens is 2. The molecule has 3 rings (SSSR count). The van der Waals surface area contributed by atoms with Crippen molar-refractivity contribution in [2.45, 2.75) is 6.42 Å². The van der Waals surface area contributed by atoms with E-state index in [0.29, 0.717) is 23.0 Å². The smallest absolute Gasteiger partial charge is 0.261 e. The molecule has 0 fully saturated rings. The summed E-state index contributed by atoms with van der Waals surface area (Å²) in [6.07, 6.45) is 3.97. The van der Waals surface area contributed by atoms with Gasteiger partial charge in [0.2, 0.25) is 5.28 Å². The van der Waals surface area contributed by atoms with Crippen LogP contribution in [0.5, 0.6) is 0 Å². The summed E-state index contributed by atoms with van der Waals surface area (Å²) in [7, 11) is 0. The normalized spacial score (nSPS) is 12.7. The number of rotatable bonds is 3. The fraction of sp³-hybridized carbons (Fsp3) is 0.200. The fourth-order valence-electron chi connectivity index (χ4n) is 1.94. The van der Waals surface area contributed by atoms with Gasteiger partial charge in [-0.25, -0.2) is 9.97 Å². The molecule has 0 N–H and O–H groups in total. The Labute approximate surface area is 141 Å². The molecular weight excluding hydrogens is 370 g/mol. The number of carbonyl (C=O) groups is 2. The predicted octanol–water partition coefficient (Wildman–Crippen LogP) is 3.20. The van der Waals surface area contributed by atoms with Gasteiger partial charge in [-0.1, -0.05) is 28.1 Å². The molecule has 0 spiro atoms. The topological polar surface area (TPSA) is 63.2 Å².